The number of hydrogen-bond donors (Lipinski definition) is 0. The average Bonchev–Trinajstić information content (AvgIpc) is 2.60. The lowest BCUT2D eigenvalue weighted by Gasteiger charge is -2.31. The molecule has 2 unspecified atom stereocenters. The van der Waals surface area contributed by atoms with Crippen LogP contribution in [0.15, 0.2) is 0 Å². The molecule has 2 aliphatic heterocycles. The fourth-order valence-corrected chi connectivity index (χ4v) is 2.44. The Kier molecular flexibility index (Phi) is 3.31. The van der Waals surface area contributed by atoms with E-state index in [-0.39, 0.29) is 11.9 Å². The Morgan fingerprint density at radius 2 is 2.18 bits per heavy atom. The minimum absolute atomic E-state index is 0.0273. The van der Waals surface area contributed by atoms with Gasteiger partial charge >= 0.3 is 0 Å². The van der Waals surface area contributed by atoms with Gasteiger partial charge in [0.25, 0.3) is 5.91 Å². The molecule has 0 aromatic heterocycles. The highest BCUT2D eigenvalue weighted by molar-refractivity contribution is 5.83. The highest BCUT2D eigenvalue weighted by Gasteiger charge is 2.46. The first-order chi connectivity index (χ1) is 8.47. The topological polar surface area (TPSA) is 42.0 Å². The van der Waals surface area contributed by atoms with Gasteiger partial charge in [0.15, 0.2) is 0 Å². The first-order valence-corrected chi connectivity index (χ1v) is 6.09. The molecule has 2 aliphatic rings. The second-order valence-corrected chi connectivity index (χ2v) is 5.27. The number of carbonyl (C=O) groups is 1. The van der Waals surface area contributed by atoms with E-state index in [4.69, 9.17) is 10.9 Å². The van der Waals surface area contributed by atoms with Crippen LogP contribution in [0.4, 0.5) is 0 Å². The van der Waals surface area contributed by atoms with Gasteiger partial charge in [-0.2, -0.15) is 0 Å². The van der Waals surface area contributed by atoms with Crippen molar-refractivity contribution < 1.29 is 15.7 Å². The second kappa shape index (κ2) is 4.92. The van der Waals surface area contributed by atoms with Gasteiger partial charge < -0.3 is 4.74 Å². The molecule has 2 fully saturated rings. The van der Waals surface area contributed by atoms with E-state index in [1.165, 1.54) is 12.2 Å². The highest BCUT2D eigenvalue weighted by atomic mass is 16.7. The standard InChI is InChI=1S/C12H22N2O3/c1-12(2)8-10(14(16-3)11(12)15)9-13-4-6-17-7-5-13/h10H,4-9H2,1-3H3/i9D. The van der Waals surface area contributed by atoms with Crippen LogP contribution >= 0.6 is 0 Å². The smallest absolute Gasteiger partial charge is 0.252 e. The van der Waals surface area contributed by atoms with Crippen LogP contribution in [0.5, 0.6) is 0 Å². The number of amides is 1. The van der Waals surface area contributed by atoms with Crippen LogP contribution in [0.25, 0.3) is 0 Å². The summed E-state index contributed by atoms with van der Waals surface area (Å²) in [6, 6.07) is -0.199. The van der Waals surface area contributed by atoms with Gasteiger partial charge in [-0.3, -0.25) is 14.5 Å². The molecule has 0 saturated carbocycles. The summed E-state index contributed by atoms with van der Waals surface area (Å²) in [6.45, 7) is 6.19. The molecule has 17 heavy (non-hydrogen) atoms. The molecule has 2 rings (SSSR count). The molecular formula is C12H22N2O3. The Labute approximate surface area is 104 Å². The van der Waals surface area contributed by atoms with E-state index in [0.29, 0.717) is 19.6 Å². The van der Waals surface area contributed by atoms with Crippen LogP contribution < -0.4 is 0 Å². The molecular weight excluding hydrogens is 220 g/mol. The third kappa shape index (κ3) is 2.61. The SMILES string of the molecule is [2H]C(C1CC(C)(C)C(=O)N1OC)N1CCOCC1. The molecule has 0 spiro atoms. The Balaban J connectivity index is 2.09. The van der Waals surface area contributed by atoms with Gasteiger partial charge in [0.1, 0.15) is 0 Å². The molecule has 0 aromatic rings. The van der Waals surface area contributed by atoms with Crippen LogP contribution in [-0.4, -0.2) is 61.8 Å². The van der Waals surface area contributed by atoms with Crippen molar-refractivity contribution in [3.8, 4) is 0 Å². The molecule has 5 heteroatoms. The van der Waals surface area contributed by atoms with E-state index >= 15 is 0 Å². The third-order valence-electron chi connectivity index (χ3n) is 3.43. The molecule has 0 N–H and O–H groups in total. The van der Waals surface area contributed by atoms with E-state index in [1.54, 1.807) is 0 Å². The van der Waals surface area contributed by atoms with Gasteiger partial charge in [-0.1, -0.05) is 13.8 Å². The number of nitrogens with zero attached hydrogens (tertiary/aromatic N) is 2. The van der Waals surface area contributed by atoms with Gasteiger partial charge in [-0.15, -0.1) is 0 Å². The van der Waals surface area contributed by atoms with E-state index in [1.807, 2.05) is 13.8 Å². The van der Waals surface area contributed by atoms with Crippen LogP contribution in [0, 0.1) is 5.41 Å². The van der Waals surface area contributed by atoms with Gasteiger partial charge in [-0.05, 0) is 6.42 Å². The van der Waals surface area contributed by atoms with Crippen molar-refractivity contribution in [3.05, 3.63) is 0 Å². The van der Waals surface area contributed by atoms with Crippen LogP contribution in [0.3, 0.4) is 0 Å². The number of morpholine rings is 1. The Morgan fingerprint density at radius 1 is 1.53 bits per heavy atom. The summed E-state index contributed by atoms with van der Waals surface area (Å²) in [7, 11) is 1.50. The van der Waals surface area contributed by atoms with Crippen LogP contribution in [-0.2, 0) is 14.4 Å². The number of ether oxygens (including phenoxy) is 1. The molecule has 0 aliphatic carbocycles. The summed E-state index contributed by atoms with van der Waals surface area (Å²) >= 11 is 0. The molecule has 0 radical (unpaired) electrons. The van der Waals surface area contributed by atoms with Crippen LogP contribution in [0.2, 0.25) is 0 Å². The van der Waals surface area contributed by atoms with Gasteiger partial charge in [0.05, 0.1) is 26.4 Å². The Hall–Kier alpha value is -0.650. The fraction of sp³-hybridized carbons (Fsp3) is 0.917. The normalized spacial score (nSPS) is 32.6. The average molecular weight is 243 g/mol. The largest absolute Gasteiger partial charge is 0.379 e. The van der Waals surface area contributed by atoms with Crippen molar-refractivity contribution >= 4 is 5.91 Å². The molecule has 2 atom stereocenters. The van der Waals surface area contributed by atoms with E-state index in [9.17, 15) is 4.79 Å². The van der Waals surface area contributed by atoms with Crippen molar-refractivity contribution in [1.29, 1.82) is 0 Å². The zero-order chi connectivity index (χ0) is 13.3. The maximum atomic E-state index is 12.1. The molecule has 2 saturated heterocycles. The molecule has 5 nitrogen and oxygen atoms in total. The van der Waals surface area contributed by atoms with Gasteiger partial charge in [0.2, 0.25) is 0 Å². The summed E-state index contributed by atoms with van der Waals surface area (Å²) in [5, 5.41) is 1.38. The molecule has 0 aromatic carbocycles. The van der Waals surface area contributed by atoms with Crippen molar-refractivity contribution in [1.82, 2.24) is 9.96 Å². The molecule has 1 amide bonds. The monoisotopic (exact) mass is 243 g/mol. The van der Waals surface area contributed by atoms with E-state index in [0.717, 1.165) is 13.1 Å². The Bertz CT molecular complexity index is 318. The number of hydrogen-bond acceptors (Lipinski definition) is 4. The lowest BCUT2D eigenvalue weighted by Crippen LogP contribution is -2.45. The number of rotatable bonds is 3. The van der Waals surface area contributed by atoms with E-state index < -0.39 is 11.9 Å². The fourth-order valence-electron chi connectivity index (χ4n) is 2.44. The third-order valence-corrected chi connectivity index (χ3v) is 3.43. The molecule has 0 bridgehead atoms. The maximum absolute atomic E-state index is 12.1. The zero-order valence-electron chi connectivity index (χ0n) is 11.8. The van der Waals surface area contributed by atoms with E-state index in [2.05, 4.69) is 4.90 Å². The second-order valence-electron chi connectivity index (χ2n) is 5.27. The van der Waals surface area contributed by atoms with Gasteiger partial charge in [0, 0.05) is 26.4 Å². The summed E-state index contributed by atoms with van der Waals surface area (Å²) < 4.78 is 13.7. The molecule has 2 heterocycles. The number of hydroxylamine groups is 2. The summed E-state index contributed by atoms with van der Waals surface area (Å²) in [4.78, 5) is 19.4. The van der Waals surface area contributed by atoms with Crippen molar-refractivity contribution in [2.24, 2.45) is 5.41 Å². The quantitative estimate of drug-likeness (QED) is 0.724. The van der Waals surface area contributed by atoms with Crippen molar-refractivity contribution in [2.75, 3.05) is 39.9 Å². The van der Waals surface area contributed by atoms with Crippen LogP contribution in [0.1, 0.15) is 21.6 Å². The predicted octanol–water partition coefficient (Wildman–Crippen LogP) is 0.507. The van der Waals surface area contributed by atoms with Crippen molar-refractivity contribution in [2.45, 2.75) is 26.3 Å². The lowest BCUT2D eigenvalue weighted by atomic mass is 9.90. The predicted molar refractivity (Wildman–Crippen MR) is 63.3 cm³/mol. The van der Waals surface area contributed by atoms with Gasteiger partial charge in [-0.25, -0.2) is 5.06 Å². The van der Waals surface area contributed by atoms with Crippen molar-refractivity contribution in [3.63, 3.8) is 0 Å². The lowest BCUT2D eigenvalue weighted by molar-refractivity contribution is -0.183. The minimum atomic E-state index is -0.445. The Morgan fingerprint density at radius 3 is 2.76 bits per heavy atom. The zero-order valence-corrected chi connectivity index (χ0v) is 10.8. The number of carbonyl (C=O) groups excluding carboxylic acids is 1. The minimum Gasteiger partial charge on any atom is -0.379 e. The maximum Gasteiger partial charge on any atom is 0.252 e. The summed E-state index contributed by atoms with van der Waals surface area (Å²) in [6.07, 6.45) is 0.658. The molecule has 98 valence electrons. The summed E-state index contributed by atoms with van der Waals surface area (Å²) in [5.41, 5.74) is -0.438. The first-order valence-electron chi connectivity index (χ1n) is 6.67. The first kappa shape index (κ1) is 11.4. The summed E-state index contributed by atoms with van der Waals surface area (Å²) in [5.74, 6) is -0.0273. The highest BCUT2D eigenvalue weighted by Crippen LogP contribution is 2.35.